The third-order valence-electron chi connectivity index (χ3n) is 4.13. The van der Waals surface area contributed by atoms with Gasteiger partial charge in [-0.3, -0.25) is 4.90 Å². The van der Waals surface area contributed by atoms with Gasteiger partial charge in [-0.15, -0.1) is 5.10 Å². The second-order valence-corrected chi connectivity index (χ2v) is 7.84. The van der Waals surface area contributed by atoms with Crippen molar-refractivity contribution >= 4 is 10.0 Å². The van der Waals surface area contributed by atoms with Crippen molar-refractivity contribution in [2.45, 2.75) is 50.7 Å². The minimum Gasteiger partial charge on any atom is -0.292 e. The molecule has 1 N–H and O–H groups in total. The van der Waals surface area contributed by atoms with Crippen LogP contribution in [-0.2, 0) is 16.6 Å². The van der Waals surface area contributed by atoms with Gasteiger partial charge in [0.15, 0.2) is 5.82 Å². The first-order valence-electron chi connectivity index (χ1n) is 7.48. The van der Waals surface area contributed by atoms with E-state index in [9.17, 15) is 8.42 Å². The van der Waals surface area contributed by atoms with Gasteiger partial charge in [-0.05, 0) is 42.7 Å². The Bertz CT molecular complexity index is 582. The third-order valence-corrected chi connectivity index (χ3v) is 4.82. The number of likely N-dealkylation sites (tertiary alicyclic amines) is 1. The second kappa shape index (κ2) is 5.98. The highest BCUT2D eigenvalue weighted by atomic mass is 32.2. The van der Waals surface area contributed by atoms with E-state index >= 15 is 0 Å². The van der Waals surface area contributed by atoms with Crippen LogP contribution in [-0.4, -0.2) is 58.9 Å². The molecule has 8 nitrogen and oxygen atoms in total. The monoisotopic (exact) mass is 314 g/mol. The molecule has 2 heterocycles. The van der Waals surface area contributed by atoms with Crippen LogP contribution in [0.3, 0.4) is 0 Å². The maximum atomic E-state index is 11.3. The minimum atomic E-state index is -3.14. The van der Waals surface area contributed by atoms with Crippen LogP contribution in [0.15, 0.2) is 0 Å². The van der Waals surface area contributed by atoms with E-state index in [1.54, 1.807) is 0 Å². The predicted molar refractivity (Wildman–Crippen MR) is 77.0 cm³/mol. The number of hydrogen-bond donors (Lipinski definition) is 1. The van der Waals surface area contributed by atoms with E-state index in [1.165, 1.54) is 6.26 Å². The van der Waals surface area contributed by atoms with Crippen LogP contribution in [0.1, 0.15) is 44.0 Å². The zero-order valence-electron chi connectivity index (χ0n) is 12.3. The van der Waals surface area contributed by atoms with Crippen LogP contribution in [0, 0.1) is 0 Å². The molecule has 1 saturated heterocycles. The van der Waals surface area contributed by atoms with Crippen molar-refractivity contribution in [3.05, 3.63) is 5.82 Å². The average Bonchev–Trinajstić information content (AvgIpc) is 3.17. The molecule has 9 heteroatoms. The fourth-order valence-electron chi connectivity index (χ4n) is 2.85. The van der Waals surface area contributed by atoms with E-state index in [-0.39, 0.29) is 6.04 Å². The molecule has 0 bridgehead atoms. The summed E-state index contributed by atoms with van der Waals surface area (Å²) in [4.78, 5) is 2.30. The number of rotatable bonds is 6. The smallest absolute Gasteiger partial charge is 0.208 e. The van der Waals surface area contributed by atoms with Crippen molar-refractivity contribution in [1.82, 2.24) is 29.8 Å². The standard InChI is InChI=1S/C12H22N6O2S/c1-21(19,20)13-8-11-4-2-3-7-17(11)9-12-14-15-16-18(12)10-5-6-10/h10-11,13H,2-9H2,1H3. The van der Waals surface area contributed by atoms with Gasteiger partial charge in [0.05, 0.1) is 18.8 Å². The molecular formula is C12H22N6O2S. The molecule has 0 spiro atoms. The molecule has 1 aliphatic carbocycles. The molecule has 2 aliphatic rings. The fraction of sp³-hybridized carbons (Fsp3) is 0.917. The lowest BCUT2D eigenvalue weighted by Gasteiger charge is -2.35. The molecule has 0 radical (unpaired) electrons. The highest BCUT2D eigenvalue weighted by molar-refractivity contribution is 7.88. The van der Waals surface area contributed by atoms with Crippen molar-refractivity contribution in [3.63, 3.8) is 0 Å². The molecule has 1 saturated carbocycles. The molecule has 1 unspecified atom stereocenters. The van der Waals surface area contributed by atoms with E-state index in [1.807, 2.05) is 4.68 Å². The van der Waals surface area contributed by atoms with Crippen LogP contribution in [0.2, 0.25) is 0 Å². The summed E-state index contributed by atoms with van der Waals surface area (Å²) in [6, 6.07) is 0.685. The first kappa shape index (κ1) is 14.9. The molecule has 1 aromatic heterocycles. The summed E-state index contributed by atoms with van der Waals surface area (Å²) in [6.45, 7) is 2.12. The SMILES string of the molecule is CS(=O)(=O)NCC1CCCCN1Cc1nnnn1C1CC1. The Morgan fingerprint density at radius 1 is 1.29 bits per heavy atom. The van der Waals surface area contributed by atoms with Crippen molar-refractivity contribution in [3.8, 4) is 0 Å². The molecule has 3 rings (SSSR count). The Labute approximate surface area is 124 Å². The minimum absolute atomic E-state index is 0.220. The number of nitrogens with one attached hydrogen (secondary N) is 1. The zero-order chi connectivity index (χ0) is 14.9. The summed E-state index contributed by atoms with van der Waals surface area (Å²) >= 11 is 0. The molecule has 0 aromatic carbocycles. The van der Waals surface area contributed by atoms with Gasteiger partial charge in [0.2, 0.25) is 10.0 Å². The molecule has 0 amide bonds. The summed E-state index contributed by atoms with van der Waals surface area (Å²) < 4.78 is 27.1. The van der Waals surface area contributed by atoms with Crippen LogP contribution < -0.4 is 4.72 Å². The lowest BCUT2D eigenvalue weighted by Crippen LogP contribution is -2.46. The lowest BCUT2D eigenvalue weighted by molar-refractivity contribution is 0.136. The molecule has 1 aromatic rings. The van der Waals surface area contributed by atoms with Crippen molar-refractivity contribution in [2.75, 3.05) is 19.3 Å². The summed E-state index contributed by atoms with van der Waals surface area (Å²) in [5.74, 6) is 0.892. The van der Waals surface area contributed by atoms with Gasteiger partial charge in [0, 0.05) is 12.6 Å². The van der Waals surface area contributed by atoms with Crippen LogP contribution in [0.4, 0.5) is 0 Å². The summed E-state index contributed by atoms with van der Waals surface area (Å²) in [7, 11) is -3.14. The largest absolute Gasteiger partial charge is 0.292 e. The third kappa shape index (κ3) is 3.98. The molecule has 1 aliphatic heterocycles. The number of tetrazole rings is 1. The molecular weight excluding hydrogens is 292 g/mol. The van der Waals surface area contributed by atoms with Crippen molar-refractivity contribution in [2.24, 2.45) is 0 Å². The molecule has 1 atom stereocenters. The number of piperidine rings is 1. The number of hydrogen-bond acceptors (Lipinski definition) is 6. The van der Waals surface area contributed by atoms with Gasteiger partial charge in [-0.1, -0.05) is 6.42 Å². The highest BCUT2D eigenvalue weighted by Gasteiger charge is 2.30. The number of aromatic nitrogens is 4. The first-order chi connectivity index (χ1) is 10.0. The number of nitrogens with zero attached hydrogens (tertiary/aromatic N) is 5. The normalized spacial score (nSPS) is 24.3. The Morgan fingerprint density at radius 3 is 2.81 bits per heavy atom. The Balaban J connectivity index is 1.64. The van der Waals surface area contributed by atoms with Gasteiger partial charge in [-0.2, -0.15) is 0 Å². The Morgan fingerprint density at radius 2 is 2.10 bits per heavy atom. The maximum Gasteiger partial charge on any atom is 0.208 e. The van der Waals surface area contributed by atoms with Gasteiger partial charge in [0.25, 0.3) is 0 Å². The Kier molecular flexibility index (Phi) is 4.23. The van der Waals surface area contributed by atoms with Gasteiger partial charge in [0.1, 0.15) is 0 Å². The summed E-state index contributed by atoms with van der Waals surface area (Å²) in [6.07, 6.45) is 6.79. The quantitative estimate of drug-likeness (QED) is 0.789. The maximum absolute atomic E-state index is 11.3. The van der Waals surface area contributed by atoms with Gasteiger partial charge >= 0.3 is 0 Å². The number of sulfonamides is 1. The van der Waals surface area contributed by atoms with Crippen molar-refractivity contribution in [1.29, 1.82) is 0 Å². The lowest BCUT2D eigenvalue weighted by atomic mass is 10.0. The van der Waals surface area contributed by atoms with Crippen LogP contribution in [0.5, 0.6) is 0 Å². The van der Waals surface area contributed by atoms with Gasteiger partial charge in [-0.25, -0.2) is 17.8 Å². The zero-order valence-corrected chi connectivity index (χ0v) is 13.1. The average molecular weight is 314 g/mol. The topological polar surface area (TPSA) is 93.0 Å². The van der Waals surface area contributed by atoms with Gasteiger partial charge < -0.3 is 0 Å². The van der Waals surface area contributed by atoms with E-state index in [2.05, 4.69) is 25.1 Å². The second-order valence-electron chi connectivity index (χ2n) is 6.01. The Hall–Kier alpha value is -1.06. The highest BCUT2D eigenvalue weighted by Crippen LogP contribution is 2.34. The van der Waals surface area contributed by atoms with Crippen molar-refractivity contribution < 1.29 is 8.42 Å². The summed E-state index contributed by atoms with van der Waals surface area (Å²) in [5, 5.41) is 12.0. The van der Waals surface area contributed by atoms with E-state index in [0.717, 1.165) is 44.5 Å². The van der Waals surface area contributed by atoms with E-state index < -0.39 is 10.0 Å². The fourth-order valence-corrected chi connectivity index (χ4v) is 3.34. The van der Waals surface area contributed by atoms with Crippen LogP contribution >= 0.6 is 0 Å². The summed E-state index contributed by atoms with van der Waals surface area (Å²) in [5.41, 5.74) is 0. The molecule has 21 heavy (non-hydrogen) atoms. The predicted octanol–water partition coefficient (Wildman–Crippen LogP) is -0.0883. The molecule has 118 valence electrons. The van der Waals surface area contributed by atoms with Crippen LogP contribution in [0.25, 0.3) is 0 Å². The first-order valence-corrected chi connectivity index (χ1v) is 9.37. The van der Waals surface area contributed by atoms with E-state index in [0.29, 0.717) is 19.1 Å². The van der Waals surface area contributed by atoms with E-state index in [4.69, 9.17) is 0 Å². The molecule has 2 fully saturated rings.